The molecule has 0 aliphatic rings. The van der Waals surface area contributed by atoms with Gasteiger partial charge in [-0.05, 0) is 41.5 Å². The highest BCUT2D eigenvalue weighted by Gasteiger charge is 2.16. The zero-order valence-corrected chi connectivity index (χ0v) is 10.7. The van der Waals surface area contributed by atoms with Gasteiger partial charge in [-0.2, -0.15) is 0 Å². The molecule has 0 heterocycles. The molecule has 86 valence electrons. The molecule has 0 amide bonds. The van der Waals surface area contributed by atoms with Gasteiger partial charge in [-0.15, -0.1) is 11.8 Å². The van der Waals surface area contributed by atoms with Gasteiger partial charge in [0.05, 0.1) is 4.47 Å². The third kappa shape index (κ3) is 2.81. The highest BCUT2D eigenvalue weighted by Crippen LogP contribution is 2.29. The maximum atomic E-state index is 13.3. The fourth-order valence-corrected chi connectivity index (χ4v) is 1.98. The summed E-state index contributed by atoms with van der Waals surface area (Å²) < 4.78 is 26.4. The first-order valence-corrected chi connectivity index (χ1v) is 5.61. The molecule has 1 N–H and O–H groups in total. The molecule has 0 bridgehead atoms. The van der Waals surface area contributed by atoms with E-state index in [9.17, 15) is 8.78 Å². The minimum absolute atomic E-state index is 0.114. The molecule has 16 heavy (non-hydrogen) atoms. The lowest BCUT2D eigenvalue weighted by molar-refractivity contribution is 0.496. The number of benzene rings is 1. The first-order chi connectivity index (χ1) is 7.61. The van der Waals surface area contributed by atoms with Crippen molar-refractivity contribution >= 4 is 15.9 Å². The summed E-state index contributed by atoms with van der Waals surface area (Å²) in [6, 6.07) is 2.57. The van der Waals surface area contributed by atoms with Gasteiger partial charge in [0.25, 0.3) is 0 Å². The number of hydrogen-bond donors (Lipinski definition) is 1. The zero-order chi connectivity index (χ0) is 12.1. The monoisotopic (exact) mass is 287 g/mol. The number of halogens is 3. The van der Waals surface area contributed by atoms with E-state index in [4.69, 9.17) is 0 Å². The van der Waals surface area contributed by atoms with Crippen molar-refractivity contribution in [3.05, 3.63) is 33.8 Å². The Bertz CT molecular complexity index is 435. The lowest BCUT2D eigenvalue weighted by atomic mass is 10.0. The molecule has 1 rings (SSSR count). The second-order valence-electron chi connectivity index (χ2n) is 3.24. The normalized spacial score (nSPS) is 11.8. The highest BCUT2D eigenvalue weighted by molar-refractivity contribution is 9.10. The standard InChI is InChI=1S/C12H12BrF2N/c1-3-4-5-10(16-2)8-6-7-9(14)12(15)11(8)13/h6-7,10,16H,5H2,1-2H3. The van der Waals surface area contributed by atoms with Gasteiger partial charge in [0, 0.05) is 12.5 Å². The van der Waals surface area contributed by atoms with Crippen LogP contribution < -0.4 is 5.32 Å². The number of rotatable bonds is 3. The van der Waals surface area contributed by atoms with E-state index in [1.54, 1.807) is 20.0 Å². The molecule has 0 saturated heterocycles. The molecule has 1 unspecified atom stereocenters. The van der Waals surface area contributed by atoms with Crippen LogP contribution in [0.1, 0.15) is 24.9 Å². The van der Waals surface area contributed by atoms with Gasteiger partial charge < -0.3 is 5.32 Å². The molecule has 0 fully saturated rings. The van der Waals surface area contributed by atoms with Crippen molar-refractivity contribution in [2.24, 2.45) is 0 Å². The van der Waals surface area contributed by atoms with Gasteiger partial charge in [-0.3, -0.25) is 0 Å². The quantitative estimate of drug-likeness (QED) is 0.664. The van der Waals surface area contributed by atoms with Crippen LogP contribution in [0.3, 0.4) is 0 Å². The number of hydrogen-bond acceptors (Lipinski definition) is 1. The van der Waals surface area contributed by atoms with Crippen LogP contribution in [-0.2, 0) is 0 Å². The summed E-state index contributed by atoms with van der Waals surface area (Å²) in [6.45, 7) is 1.74. The summed E-state index contributed by atoms with van der Waals surface area (Å²) in [6.07, 6.45) is 0.552. The van der Waals surface area contributed by atoms with Crippen molar-refractivity contribution in [3.63, 3.8) is 0 Å². The molecule has 1 nitrogen and oxygen atoms in total. The van der Waals surface area contributed by atoms with E-state index in [1.165, 1.54) is 0 Å². The highest BCUT2D eigenvalue weighted by atomic mass is 79.9. The average molecular weight is 288 g/mol. The minimum atomic E-state index is -0.859. The van der Waals surface area contributed by atoms with E-state index in [0.717, 1.165) is 6.07 Å². The van der Waals surface area contributed by atoms with Crippen molar-refractivity contribution < 1.29 is 8.78 Å². The van der Waals surface area contributed by atoms with Crippen molar-refractivity contribution in [2.45, 2.75) is 19.4 Å². The van der Waals surface area contributed by atoms with Crippen molar-refractivity contribution in [1.82, 2.24) is 5.32 Å². The Balaban J connectivity index is 3.09. The second kappa shape index (κ2) is 5.97. The van der Waals surface area contributed by atoms with E-state index in [2.05, 4.69) is 33.1 Å². The minimum Gasteiger partial charge on any atom is -0.312 e. The van der Waals surface area contributed by atoms with Gasteiger partial charge >= 0.3 is 0 Å². The van der Waals surface area contributed by atoms with Gasteiger partial charge in [0.15, 0.2) is 11.6 Å². The van der Waals surface area contributed by atoms with Crippen molar-refractivity contribution in [2.75, 3.05) is 7.05 Å². The van der Waals surface area contributed by atoms with Gasteiger partial charge in [0.2, 0.25) is 0 Å². The molecule has 0 spiro atoms. The van der Waals surface area contributed by atoms with Crippen LogP contribution in [0.25, 0.3) is 0 Å². The smallest absolute Gasteiger partial charge is 0.173 e. The van der Waals surface area contributed by atoms with Crippen LogP contribution in [0.4, 0.5) is 8.78 Å². The third-order valence-corrected chi connectivity index (χ3v) is 3.08. The van der Waals surface area contributed by atoms with Gasteiger partial charge in [-0.25, -0.2) is 8.78 Å². The van der Waals surface area contributed by atoms with Crippen LogP contribution in [0.5, 0.6) is 0 Å². The Kier molecular flexibility index (Phi) is 4.91. The summed E-state index contributed by atoms with van der Waals surface area (Å²) in [7, 11) is 1.76. The predicted octanol–water partition coefficient (Wildman–Crippen LogP) is 3.40. The van der Waals surface area contributed by atoms with Gasteiger partial charge in [-0.1, -0.05) is 6.07 Å². The van der Waals surface area contributed by atoms with E-state index < -0.39 is 11.6 Å². The first kappa shape index (κ1) is 13.1. The average Bonchev–Trinajstić information content (AvgIpc) is 2.29. The molecule has 4 heteroatoms. The molecule has 0 aromatic heterocycles. The van der Waals surface area contributed by atoms with Crippen LogP contribution >= 0.6 is 15.9 Å². The largest absolute Gasteiger partial charge is 0.312 e. The summed E-state index contributed by atoms with van der Waals surface area (Å²) in [4.78, 5) is 0. The molecule has 1 atom stereocenters. The molecule has 0 aliphatic carbocycles. The van der Waals surface area contributed by atoms with E-state index in [1.807, 2.05) is 0 Å². The SMILES string of the molecule is CC#CCC(NC)c1ccc(F)c(F)c1Br. The molecular weight excluding hydrogens is 276 g/mol. The zero-order valence-electron chi connectivity index (χ0n) is 9.07. The fourth-order valence-electron chi connectivity index (χ4n) is 1.38. The Labute approximate surface area is 102 Å². The Morgan fingerprint density at radius 1 is 1.44 bits per heavy atom. The molecule has 0 aliphatic heterocycles. The van der Waals surface area contributed by atoms with Crippen molar-refractivity contribution in [3.8, 4) is 11.8 Å². The van der Waals surface area contributed by atoms with E-state index >= 15 is 0 Å². The fraction of sp³-hybridized carbons (Fsp3) is 0.333. The molecule has 1 aromatic carbocycles. The predicted molar refractivity (Wildman–Crippen MR) is 63.9 cm³/mol. The number of nitrogens with one attached hydrogen (secondary N) is 1. The Morgan fingerprint density at radius 3 is 2.69 bits per heavy atom. The lowest BCUT2D eigenvalue weighted by Gasteiger charge is -2.16. The lowest BCUT2D eigenvalue weighted by Crippen LogP contribution is -2.16. The Hall–Kier alpha value is -0.920. The van der Waals surface area contributed by atoms with Crippen LogP contribution in [-0.4, -0.2) is 7.05 Å². The summed E-state index contributed by atoms with van der Waals surface area (Å²) in [5, 5.41) is 3.02. The second-order valence-corrected chi connectivity index (χ2v) is 4.03. The maximum Gasteiger partial charge on any atom is 0.173 e. The van der Waals surface area contributed by atoms with Crippen molar-refractivity contribution in [1.29, 1.82) is 0 Å². The first-order valence-electron chi connectivity index (χ1n) is 4.82. The molecule has 1 aromatic rings. The van der Waals surface area contributed by atoms with Gasteiger partial charge in [0.1, 0.15) is 0 Å². The van der Waals surface area contributed by atoms with Crippen LogP contribution in [0.2, 0.25) is 0 Å². The molecular formula is C12H12BrF2N. The summed E-state index contributed by atoms with van der Waals surface area (Å²) in [5.41, 5.74) is 0.671. The Morgan fingerprint density at radius 2 is 2.12 bits per heavy atom. The maximum absolute atomic E-state index is 13.3. The summed E-state index contributed by atoms with van der Waals surface area (Å²) in [5.74, 6) is 3.97. The molecule has 0 saturated carbocycles. The van der Waals surface area contributed by atoms with E-state index in [0.29, 0.717) is 12.0 Å². The van der Waals surface area contributed by atoms with Crippen LogP contribution in [0.15, 0.2) is 16.6 Å². The summed E-state index contributed by atoms with van der Waals surface area (Å²) >= 11 is 3.06. The topological polar surface area (TPSA) is 12.0 Å². The van der Waals surface area contributed by atoms with Crippen LogP contribution in [0, 0.1) is 23.5 Å². The third-order valence-electron chi connectivity index (χ3n) is 2.27. The van der Waals surface area contributed by atoms with E-state index in [-0.39, 0.29) is 10.5 Å². The molecule has 0 radical (unpaired) electrons.